The van der Waals surface area contributed by atoms with Gasteiger partial charge >= 0.3 is 20.1 Å². The summed E-state index contributed by atoms with van der Waals surface area (Å²) in [5.74, 6) is -0.984. The molecule has 0 spiro atoms. The SMILES string of the molecule is CC(C)OC(=O)OCOP(=O)(OCOC(=O)OC(C)C)OC[C@H]1O[C@@H](c2nc(C(N)=O)ns2)[C@@H]2OCO[C@@H]21. The van der Waals surface area contributed by atoms with Gasteiger partial charge in [-0.15, -0.1) is 0 Å². The molecular formula is C19H28N3O14PS. The van der Waals surface area contributed by atoms with Gasteiger partial charge in [0.25, 0.3) is 5.91 Å². The standard InChI is InChI=1S/C19H28N3O14PS/c1-9(2)34-18(24)29-7-32-37(26,33-8-30-19(25)35-10(3)4)31-5-11-12-13(28-6-27-12)14(36-11)17-21-16(15(20)23)22-38-17/h9-14H,5-8H2,1-4H3,(H2,20,23)/t11-,12-,13-,14-/m1/s1. The molecule has 0 aromatic carbocycles. The number of hydrogen-bond acceptors (Lipinski definition) is 17. The minimum absolute atomic E-state index is 0.0601. The topological polar surface area (TPSA) is 212 Å². The van der Waals surface area contributed by atoms with E-state index in [0.29, 0.717) is 5.01 Å². The molecular weight excluding hydrogens is 557 g/mol. The molecule has 4 atom stereocenters. The Hall–Kier alpha value is -2.44. The van der Waals surface area contributed by atoms with Crippen LogP contribution in [0.4, 0.5) is 9.59 Å². The predicted molar refractivity (Wildman–Crippen MR) is 122 cm³/mol. The van der Waals surface area contributed by atoms with Crippen molar-refractivity contribution >= 4 is 37.6 Å². The van der Waals surface area contributed by atoms with E-state index in [-0.39, 0.29) is 12.6 Å². The van der Waals surface area contributed by atoms with Gasteiger partial charge in [-0.25, -0.2) is 28.2 Å². The minimum atomic E-state index is -4.52. The maximum atomic E-state index is 13.2. The molecule has 0 unspecified atom stereocenters. The number of phosphoric acid groups is 1. The first-order valence-electron chi connectivity index (χ1n) is 11.2. The van der Waals surface area contributed by atoms with E-state index in [1.165, 1.54) is 0 Å². The van der Waals surface area contributed by atoms with Crippen LogP contribution >= 0.6 is 19.4 Å². The monoisotopic (exact) mass is 585 g/mol. The smallest absolute Gasteiger partial charge is 0.432 e. The van der Waals surface area contributed by atoms with E-state index in [0.717, 1.165) is 11.5 Å². The van der Waals surface area contributed by atoms with E-state index in [1.54, 1.807) is 27.7 Å². The molecule has 3 rings (SSSR count). The van der Waals surface area contributed by atoms with Gasteiger partial charge in [0.15, 0.2) is 0 Å². The molecule has 0 bridgehead atoms. The molecule has 2 aliphatic heterocycles. The van der Waals surface area contributed by atoms with Crippen molar-refractivity contribution in [3.63, 3.8) is 0 Å². The van der Waals surface area contributed by atoms with Crippen LogP contribution in [0.25, 0.3) is 0 Å². The number of fused-ring (bicyclic) bond motifs is 1. The first-order valence-corrected chi connectivity index (χ1v) is 13.4. The van der Waals surface area contributed by atoms with Gasteiger partial charge in [-0.3, -0.25) is 9.32 Å². The second kappa shape index (κ2) is 13.6. The molecule has 0 aliphatic carbocycles. The van der Waals surface area contributed by atoms with Crippen LogP contribution in [0.1, 0.15) is 49.4 Å². The lowest BCUT2D eigenvalue weighted by Gasteiger charge is -2.21. The summed E-state index contributed by atoms with van der Waals surface area (Å²) < 4.78 is 68.4. The highest BCUT2D eigenvalue weighted by Gasteiger charge is 2.52. The summed E-state index contributed by atoms with van der Waals surface area (Å²) in [7, 11) is -4.52. The maximum Gasteiger partial charge on any atom is 0.510 e. The van der Waals surface area contributed by atoms with Crippen LogP contribution in [0.5, 0.6) is 0 Å². The van der Waals surface area contributed by atoms with Crippen molar-refractivity contribution in [2.24, 2.45) is 5.73 Å². The highest BCUT2D eigenvalue weighted by Crippen LogP contribution is 2.51. The van der Waals surface area contributed by atoms with Crippen molar-refractivity contribution in [2.45, 2.75) is 64.3 Å². The number of ether oxygens (including phenoxy) is 7. The fourth-order valence-corrected chi connectivity index (χ4v) is 4.75. The van der Waals surface area contributed by atoms with Crippen molar-refractivity contribution in [1.82, 2.24) is 9.36 Å². The molecule has 38 heavy (non-hydrogen) atoms. The number of rotatable bonds is 13. The summed E-state index contributed by atoms with van der Waals surface area (Å²) in [5.41, 5.74) is 5.21. The third-order valence-electron chi connectivity index (χ3n) is 4.57. The zero-order valence-corrected chi connectivity index (χ0v) is 22.5. The summed E-state index contributed by atoms with van der Waals surface area (Å²) in [6.45, 7) is 4.16. The number of phosphoric ester groups is 1. The molecule has 2 aliphatic rings. The van der Waals surface area contributed by atoms with E-state index >= 15 is 0 Å². The average molecular weight is 585 g/mol. The summed E-state index contributed by atoms with van der Waals surface area (Å²) in [5, 5.41) is 0.312. The van der Waals surface area contributed by atoms with Crippen LogP contribution in [0.2, 0.25) is 0 Å². The van der Waals surface area contributed by atoms with Gasteiger partial charge in [0.05, 0.1) is 18.8 Å². The second-order valence-corrected chi connectivity index (χ2v) is 10.6. The lowest BCUT2D eigenvalue weighted by molar-refractivity contribution is -0.0920. The number of primary amides is 1. The Morgan fingerprint density at radius 1 is 1.00 bits per heavy atom. The highest BCUT2D eigenvalue weighted by atomic mass is 32.1. The highest BCUT2D eigenvalue weighted by molar-refractivity contribution is 7.48. The van der Waals surface area contributed by atoms with Crippen molar-refractivity contribution < 1.29 is 65.7 Å². The number of amides is 1. The summed E-state index contributed by atoms with van der Waals surface area (Å²) >= 11 is 0.897. The van der Waals surface area contributed by atoms with Crippen LogP contribution in [-0.4, -0.2) is 85.1 Å². The number of hydrogen-bond donors (Lipinski definition) is 1. The molecule has 1 aromatic rings. The fraction of sp³-hybridized carbons (Fsp3) is 0.737. The molecule has 2 fully saturated rings. The van der Waals surface area contributed by atoms with Crippen molar-refractivity contribution in [3.8, 4) is 0 Å². The second-order valence-electron chi connectivity index (χ2n) is 8.15. The number of carbonyl (C=O) groups is 3. The van der Waals surface area contributed by atoms with Gasteiger partial charge < -0.3 is 38.9 Å². The van der Waals surface area contributed by atoms with E-state index < -0.39 is 82.9 Å². The number of nitrogens with two attached hydrogens (primary N) is 1. The Morgan fingerprint density at radius 2 is 1.58 bits per heavy atom. The molecule has 0 saturated carbocycles. The van der Waals surface area contributed by atoms with Gasteiger partial charge in [0, 0.05) is 0 Å². The van der Waals surface area contributed by atoms with Gasteiger partial charge in [0.2, 0.25) is 19.4 Å². The van der Waals surface area contributed by atoms with E-state index in [9.17, 15) is 18.9 Å². The Bertz CT molecular complexity index is 991. The predicted octanol–water partition coefficient (Wildman–Crippen LogP) is 2.01. The van der Waals surface area contributed by atoms with Gasteiger partial charge in [-0.1, -0.05) is 0 Å². The zero-order valence-electron chi connectivity index (χ0n) is 20.8. The summed E-state index contributed by atoms with van der Waals surface area (Å²) in [6.07, 6.45) is -6.08. The Labute approximate surface area is 220 Å². The van der Waals surface area contributed by atoms with Crippen molar-refractivity contribution in [1.29, 1.82) is 0 Å². The largest absolute Gasteiger partial charge is 0.510 e. The Balaban J connectivity index is 1.62. The fourth-order valence-electron chi connectivity index (χ4n) is 3.10. The lowest BCUT2D eigenvalue weighted by atomic mass is 10.1. The number of carbonyl (C=O) groups excluding carboxylic acids is 3. The van der Waals surface area contributed by atoms with Crippen molar-refractivity contribution in [2.75, 3.05) is 27.0 Å². The van der Waals surface area contributed by atoms with Crippen LogP contribution in [0.3, 0.4) is 0 Å². The van der Waals surface area contributed by atoms with Crippen molar-refractivity contribution in [3.05, 3.63) is 10.8 Å². The molecule has 2 N–H and O–H groups in total. The molecule has 19 heteroatoms. The molecule has 2 saturated heterocycles. The first kappa shape index (κ1) is 30.1. The van der Waals surface area contributed by atoms with E-state index in [1.807, 2.05) is 0 Å². The minimum Gasteiger partial charge on any atom is -0.432 e. The number of nitrogens with zero attached hydrogens (tertiary/aromatic N) is 2. The summed E-state index contributed by atoms with van der Waals surface area (Å²) in [6, 6.07) is 0. The van der Waals surface area contributed by atoms with Crippen LogP contribution in [0.15, 0.2) is 0 Å². The average Bonchev–Trinajstić information content (AvgIpc) is 3.54. The maximum absolute atomic E-state index is 13.2. The normalized spacial score (nSPS) is 22.9. The molecule has 3 heterocycles. The molecule has 1 aromatic heterocycles. The molecule has 214 valence electrons. The number of aromatic nitrogens is 2. The van der Waals surface area contributed by atoms with E-state index in [2.05, 4.69) is 9.36 Å². The molecule has 17 nitrogen and oxygen atoms in total. The van der Waals surface area contributed by atoms with Crippen LogP contribution in [-0.2, 0) is 51.3 Å². The van der Waals surface area contributed by atoms with Crippen LogP contribution < -0.4 is 5.73 Å². The Kier molecular flexibility index (Phi) is 10.8. The Morgan fingerprint density at radius 3 is 2.11 bits per heavy atom. The summed E-state index contributed by atoms with van der Waals surface area (Å²) in [4.78, 5) is 38.6. The first-order chi connectivity index (χ1) is 18.0. The zero-order chi connectivity index (χ0) is 27.9. The van der Waals surface area contributed by atoms with Gasteiger partial charge in [0.1, 0.15) is 36.2 Å². The molecule has 1 amide bonds. The third-order valence-corrected chi connectivity index (χ3v) is 6.66. The lowest BCUT2D eigenvalue weighted by Crippen LogP contribution is -2.31. The van der Waals surface area contributed by atoms with Crippen LogP contribution in [0, 0.1) is 0 Å². The van der Waals surface area contributed by atoms with Gasteiger partial charge in [-0.05, 0) is 39.2 Å². The molecule has 0 radical (unpaired) electrons. The third kappa shape index (κ3) is 8.54. The van der Waals surface area contributed by atoms with Gasteiger partial charge in [-0.2, -0.15) is 4.37 Å². The quantitative estimate of drug-likeness (QED) is 0.199. The van der Waals surface area contributed by atoms with E-state index in [4.69, 9.17) is 52.5 Å².